The van der Waals surface area contributed by atoms with Crippen molar-refractivity contribution in [2.24, 2.45) is 0 Å². The summed E-state index contributed by atoms with van der Waals surface area (Å²) in [4.78, 5) is 10.5. The standard InChI is InChI=1S/C11H15N5O2/c1-8(2)16-4-3-9(13-16)6-15-7-10(12-14-15)5-11(17)18/h3-4,7-8H,5-6H2,1-2H3,(H,17,18). The topological polar surface area (TPSA) is 85.8 Å². The molecule has 0 fully saturated rings. The fourth-order valence-electron chi connectivity index (χ4n) is 1.57. The summed E-state index contributed by atoms with van der Waals surface area (Å²) in [5.41, 5.74) is 1.32. The van der Waals surface area contributed by atoms with Gasteiger partial charge in [-0.1, -0.05) is 5.21 Å². The summed E-state index contributed by atoms with van der Waals surface area (Å²) in [6, 6.07) is 2.23. The van der Waals surface area contributed by atoms with Crippen molar-refractivity contribution in [2.45, 2.75) is 32.9 Å². The van der Waals surface area contributed by atoms with Crippen molar-refractivity contribution >= 4 is 5.97 Å². The Balaban J connectivity index is 2.04. The summed E-state index contributed by atoms with van der Waals surface area (Å²) in [6.07, 6.45) is 3.43. The van der Waals surface area contributed by atoms with Crippen molar-refractivity contribution in [1.29, 1.82) is 0 Å². The number of aromatic nitrogens is 5. The zero-order valence-corrected chi connectivity index (χ0v) is 10.3. The van der Waals surface area contributed by atoms with Gasteiger partial charge in [-0.3, -0.25) is 9.48 Å². The number of carboxylic acid groups (broad SMARTS) is 1. The largest absolute Gasteiger partial charge is 0.481 e. The third-order valence-electron chi connectivity index (χ3n) is 2.44. The average molecular weight is 249 g/mol. The molecule has 96 valence electrons. The summed E-state index contributed by atoms with van der Waals surface area (Å²) in [5, 5.41) is 20.7. The van der Waals surface area contributed by atoms with Gasteiger partial charge in [-0.25, -0.2) is 4.68 Å². The van der Waals surface area contributed by atoms with E-state index in [2.05, 4.69) is 29.3 Å². The predicted octanol–water partition coefficient (Wildman–Crippen LogP) is 0.731. The van der Waals surface area contributed by atoms with Crippen LogP contribution in [-0.2, 0) is 17.8 Å². The number of aliphatic carboxylic acids is 1. The van der Waals surface area contributed by atoms with Gasteiger partial charge in [-0.2, -0.15) is 5.10 Å². The number of nitrogens with zero attached hydrogens (tertiary/aromatic N) is 5. The lowest BCUT2D eigenvalue weighted by Gasteiger charge is -2.03. The molecule has 0 aromatic carbocycles. The summed E-state index contributed by atoms with van der Waals surface area (Å²) in [6.45, 7) is 4.60. The van der Waals surface area contributed by atoms with E-state index in [1.807, 2.05) is 16.9 Å². The van der Waals surface area contributed by atoms with E-state index in [-0.39, 0.29) is 6.42 Å². The van der Waals surface area contributed by atoms with Crippen molar-refractivity contribution in [3.8, 4) is 0 Å². The minimum absolute atomic E-state index is 0.111. The molecule has 0 aliphatic rings. The maximum atomic E-state index is 10.5. The van der Waals surface area contributed by atoms with E-state index in [9.17, 15) is 4.79 Å². The van der Waals surface area contributed by atoms with E-state index >= 15 is 0 Å². The van der Waals surface area contributed by atoms with Crippen molar-refractivity contribution in [3.63, 3.8) is 0 Å². The molecule has 0 aliphatic carbocycles. The number of carbonyl (C=O) groups is 1. The van der Waals surface area contributed by atoms with Gasteiger partial charge in [0, 0.05) is 18.4 Å². The van der Waals surface area contributed by atoms with E-state index in [1.54, 1.807) is 10.9 Å². The van der Waals surface area contributed by atoms with E-state index in [1.165, 1.54) is 0 Å². The minimum atomic E-state index is -0.911. The summed E-state index contributed by atoms with van der Waals surface area (Å²) in [7, 11) is 0. The second-order valence-corrected chi connectivity index (χ2v) is 4.36. The molecule has 0 atom stereocenters. The van der Waals surface area contributed by atoms with Crippen molar-refractivity contribution in [2.75, 3.05) is 0 Å². The van der Waals surface area contributed by atoms with E-state index in [0.717, 1.165) is 5.69 Å². The van der Waals surface area contributed by atoms with Gasteiger partial charge >= 0.3 is 5.97 Å². The molecular formula is C11H15N5O2. The quantitative estimate of drug-likeness (QED) is 0.844. The van der Waals surface area contributed by atoms with E-state index < -0.39 is 5.97 Å². The van der Waals surface area contributed by atoms with Crippen molar-refractivity contribution < 1.29 is 9.90 Å². The van der Waals surface area contributed by atoms with Crippen molar-refractivity contribution in [3.05, 3.63) is 29.8 Å². The third kappa shape index (κ3) is 2.93. The maximum Gasteiger partial charge on any atom is 0.309 e. The van der Waals surface area contributed by atoms with Gasteiger partial charge in [0.2, 0.25) is 0 Å². The first-order valence-electron chi connectivity index (χ1n) is 5.69. The van der Waals surface area contributed by atoms with Crippen LogP contribution in [0.2, 0.25) is 0 Å². The normalized spacial score (nSPS) is 11.1. The molecule has 2 rings (SSSR count). The Kier molecular flexibility index (Phi) is 3.40. The van der Waals surface area contributed by atoms with Crippen LogP contribution in [0, 0.1) is 0 Å². The lowest BCUT2D eigenvalue weighted by atomic mass is 10.3. The van der Waals surface area contributed by atoms with Gasteiger partial charge in [0.25, 0.3) is 0 Å². The monoisotopic (exact) mass is 249 g/mol. The molecule has 7 nitrogen and oxygen atoms in total. The van der Waals surface area contributed by atoms with Crippen LogP contribution >= 0.6 is 0 Å². The lowest BCUT2D eigenvalue weighted by molar-refractivity contribution is -0.136. The van der Waals surface area contributed by atoms with Gasteiger partial charge in [-0.05, 0) is 19.9 Å². The maximum absolute atomic E-state index is 10.5. The zero-order chi connectivity index (χ0) is 13.1. The molecule has 0 aliphatic heterocycles. The van der Waals surface area contributed by atoms with Gasteiger partial charge in [0.15, 0.2) is 0 Å². The first-order valence-corrected chi connectivity index (χ1v) is 5.69. The van der Waals surface area contributed by atoms with Crippen LogP contribution in [0.5, 0.6) is 0 Å². The molecule has 18 heavy (non-hydrogen) atoms. The third-order valence-corrected chi connectivity index (χ3v) is 2.44. The fraction of sp³-hybridized carbons (Fsp3) is 0.455. The lowest BCUT2D eigenvalue weighted by Crippen LogP contribution is -2.05. The van der Waals surface area contributed by atoms with E-state index in [0.29, 0.717) is 18.3 Å². The molecule has 0 radical (unpaired) electrons. The predicted molar refractivity (Wildman–Crippen MR) is 63.1 cm³/mol. The van der Waals surface area contributed by atoms with Crippen LogP contribution in [0.4, 0.5) is 0 Å². The van der Waals surface area contributed by atoms with Crippen LogP contribution < -0.4 is 0 Å². The van der Waals surface area contributed by atoms with Gasteiger partial charge in [-0.15, -0.1) is 5.10 Å². The van der Waals surface area contributed by atoms with Gasteiger partial charge < -0.3 is 5.11 Å². The van der Waals surface area contributed by atoms with Crippen LogP contribution in [0.3, 0.4) is 0 Å². The Morgan fingerprint density at radius 3 is 2.83 bits per heavy atom. The van der Waals surface area contributed by atoms with Gasteiger partial charge in [0.1, 0.15) is 0 Å². The smallest absolute Gasteiger partial charge is 0.309 e. The Hall–Kier alpha value is -2.18. The highest BCUT2D eigenvalue weighted by Gasteiger charge is 2.07. The molecule has 7 heteroatoms. The molecule has 2 aromatic heterocycles. The number of hydrogen-bond acceptors (Lipinski definition) is 4. The highest BCUT2D eigenvalue weighted by Crippen LogP contribution is 2.05. The molecule has 2 aromatic rings. The Labute approximate surface area is 104 Å². The molecule has 0 spiro atoms. The highest BCUT2D eigenvalue weighted by atomic mass is 16.4. The number of carboxylic acids is 1. The molecule has 0 unspecified atom stereocenters. The zero-order valence-electron chi connectivity index (χ0n) is 10.3. The molecule has 2 heterocycles. The Morgan fingerprint density at radius 2 is 2.22 bits per heavy atom. The van der Waals surface area contributed by atoms with Crippen LogP contribution in [0.1, 0.15) is 31.3 Å². The second kappa shape index (κ2) is 4.99. The van der Waals surface area contributed by atoms with Crippen LogP contribution in [0.25, 0.3) is 0 Å². The van der Waals surface area contributed by atoms with Gasteiger partial charge in [0.05, 0.1) is 24.4 Å². The molecule has 0 saturated heterocycles. The highest BCUT2D eigenvalue weighted by molar-refractivity contribution is 5.69. The fourth-order valence-corrected chi connectivity index (χ4v) is 1.57. The molecular weight excluding hydrogens is 234 g/mol. The molecule has 0 bridgehead atoms. The molecule has 1 N–H and O–H groups in total. The van der Waals surface area contributed by atoms with Crippen LogP contribution in [-0.4, -0.2) is 35.9 Å². The van der Waals surface area contributed by atoms with E-state index in [4.69, 9.17) is 5.11 Å². The summed E-state index contributed by atoms with van der Waals surface area (Å²) in [5.74, 6) is -0.911. The van der Waals surface area contributed by atoms with Crippen molar-refractivity contribution in [1.82, 2.24) is 24.8 Å². The second-order valence-electron chi connectivity index (χ2n) is 4.36. The molecule has 0 amide bonds. The Bertz CT molecular complexity index is 543. The number of rotatable bonds is 5. The first-order chi connectivity index (χ1) is 8.54. The first kappa shape index (κ1) is 12.3. The SMILES string of the molecule is CC(C)n1ccc(Cn2cc(CC(=O)O)nn2)n1. The minimum Gasteiger partial charge on any atom is -0.481 e. The van der Waals surface area contributed by atoms with Crippen LogP contribution in [0.15, 0.2) is 18.5 Å². The average Bonchev–Trinajstić information content (AvgIpc) is 2.88. The Morgan fingerprint density at radius 1 is 1.44 bits per heavy atom. The number of hydrogen-bond donors (Lipinski definition) is 1. The molecule has 0 saturated carbocycles. The summed E-state index contributed by atoms with van der Waals surface area (Å²) < 4.78 is 3.45. The summed E-state index contributed by atoms with van der Waals surface area (Å²) >= 11 is 0.